The van der Waals surface area contributed by atoms with Crippen LogP contribution in [-0.2, 0) is 24.9 Å². The molecule has 1 rings (SSSR count). The molecule has 116 valence electrons. The average molecular weight is 321 g/mol. The average Bonchev–Trinajstić information content (AvgIpc) is 2.24. The zero-order valence-corrected chi connectivity index (χ0v) is 9.71. The lowest BCUT2D eigenvalue weighted by molar-refractivity contribution is -0.174. The third-order valence-corrected chi connectivity index (χ3v) is 2.43. The molecule has 0 aliphatic carbocycles. The molecule has 0 fully saturated rings. The number of hydrogen-bond donors (Lipinski definition) is 0. The van der Waals surface area contributed by atoms with Crippen LogP contribution in [0.1, 0.15) is 22.3 Å². The molecule has 0 aromatic heterocycles. The Morgan fingerprint density at radius 1 is 0.762 bits per heavy atom. The van der Waals surface area contributed by atoms with Crippen LogP contribution >= 0.6 is 0 Å². The number of rotatable bonds is 1. The molecule has 0 N–H and O–H groups in total. The summed E-state index contributed by atoms with van der Waals surface area (Å²) in [5.74, 6) is 0. The maximum absolute atomic E-state index is 12.8. The normalized spacial score (nSPS) is 13.1. The second-order valence-electron chi connectivity index (χ2n) is 3.85. The van der Waals surface area contributed by atoms with Crippen LogP contribution in [-0.4, -0.2) is 0 Å². The van der Waals surface area contributed by atoms with E-state index in [1.165, 1.54) is 6.07 Å². The first-order chi connectivity index (χ1) is 9.30. The van der Waals surface area contributed by atoms with Crippen LogP contribution in [0.3, 0.4) is 0 Å². The zero-order valence-electron chi connectivity index (χ0n) is 9.71. The van der Waals surface area contributed by atoms with Crippen LogP contribution in [0.2, 0.25) is 0 Å². The van der Waals surface area contributed by atoms with Crippen molar-refractivity contribution >= 4 is 0 Å². The fraction of sp³-hybridized carbons (Fsp3) is 0.364. The summed E-state index contributed by atoms with van der Waals surface area (Å²) in [4.78, 5) is 0. The summed E-state index contributed by atoms with van der Waals surface area (Å²) >= 11 is 0. The van der Waals surface area contributed by atoms with E-state index in [0.717, 1.165) is 0 Å². The Bertz CT molecular complexity index is 572. The van der Waals surface area contributed by atoms with Crippen molar-refractivity contribution < 1.29 is 39.5 Å². The SMILES string of the molecule is N#CCc1ccc(C(F)(F)F)c(C(F)(F)F)c1C(F)(F)F. The van der Waals surface area contributed by atoms with E-state index in [0.29, 0.717) is 0 Å². The summed E-state index contributed by atoms with van der Waals surface area (Å²) in [7, 11) is 0. The van der Waals surface area contributed by atoms with Gasteiger partial charge in [0.2, 0.25) is 0 Å². The maximum atomic E-state index is 12.8. The van der Waals surface area contributed by atoms with Crippen LogP contribution in [0.15, 0.2) is 12.1 Å². The number of alkyl halides is 9. The van der Waals surface area contributed by atoms with Gasteiger partial charge in [-0.05, 0) is 11.6 Å². The van der Waals surface area contributed by atoms with Crippen LogP contribution in [0, 0.1) is 11.3 Å². The minimum Gasteiger partial charge on any atom is -0.198 e. The molecular formula is C11H4F9N. The van der Waals surface area contributed by atoms with E-state index in [9.17, 15) is 39.5 Å². The molecule has 1 aromatic rings. The van der Waals surface area contributed by atoms with Crippen LogP contribution < -0.4 is 0 Å². The summed E-state index contributed by atoms with van der Waals surface area (Å²) in [6.45, 7) is 0. The van der Waals surface area contributed by atoms with Crippen molar-refractivity contribution in [3.63, 3.8) is 0 Å². The fourth-order valence-electron chi connectivity index (χ4n) is 1.73. The van der Waals surface area contributed by atoms with E-state index < -0.39 is 47.2 Å². The minimum absolute atomic E-state index is 0.106. The van der Waals surface area contributed by atoms with Gasteiger partial charge in [-0.2, -0.15) is 44.8 Å². The molecule has 0 radical (unpaired) electrons. The Morgan fingerprint density at radius 2 is 1.24 bits per heavy atom. The molecular weight excluding hydrogens is 317 g/mol. The minimum atomic E-state index is -5.87. The molecule has 1 nitrogen and oxygen atoms in total. The Labute approximate surface area is 111 Å². The topological polar surface area (TPSA) is 23.8 Å². The van der Waals surface area contributed by atoms with E-state index in [4.69, 9.17) is 5.26 Å². The predicted octanol–water partition coefficient (Wildman–Crippen LogP) is 4.81. The van der Waals surface area contributed by atoms with Crippen molar-refractivity contribution in [2.75, 3.05) is 0 Å². The third-order valence-electron chi connectivity index (χ3n) is 2.43. The molecule has 0 heterocycles. The highest BCUT2D eigenvalue weighted by molar-refractivity contribution is 5.47. The molecule has 1 aromatic carbocycles. The standard InChI is InChI=1S/C11H4F9N/c12-9(13,14)6-2-1-5(3-4-21)7(10(15,16)17)8(6)11(18,19)20/h1-2H,3H2. The second-order valence-corrected chi connectivity index (χ2v) is 3.85. The zero-order chi connectivity index (χ0) is 16.6. The van der Waals surface area contributed by atoms with Gasteiger partial charge in [-0.15, -0.1) is 0 Å². The number of hydrogen-bond acceptors (Lipinski definition) is 1. The summed E-state index contributed by atoms with van der Waals surface area (Å²) in [6.07, 6.45) is -18.3. The highest BCUT2D eigenvalue weighted by Gasteiger charge is 2.51. The van der Waals surface area contributed by atoms with Gasteiger partial charge in [0.05, 0.1) is 29.2 Å². The molecule has 0 unspecified atom stereocenters. The number of nitriles is 1. The van der Waals surface area contributed by atoms with Crippen molar-refractivity contribution in [1.29, 1.82) is 5.26 Å². The van der Waals surface area contributed by atoms with Crippen molar-refractivity contribution in [1.82, 2.24) is 0 Å². The first kappa shape index (κ1) is 17.1. The second kappa shape index (κ2) is 5.13. The molecule has 0 amide bonds. The van der Waals surface area contributed by atoms with Crippen LogP contribution in [0.25, 0.3) is 0 Å². The van der Waals surface area contributed by atoms with Gasteiger partial charge in [-0.25, -0.2) is 0 Å². The molecule has 0 aliphatic heterocycles. The van der Waals surface area contributed by atoms with Gasteiger partial charge in [0, 0.05) is 0 Å². The summed E-state index contributed by atoms with van der Waals surface area (Å²) in [5.41, 5.74) is -8.91. The summed E-state index contributed by atoms with van der Waals surface area (Å²) in [5, 5.41) is 8.31. The van der Waals surface area contributed by atoms with Crippen LogP contribution in [0.5, 0.6) is 0 Å². The van der Waals surface area contributed by atoms with E-state index in [2.05, 4.69) is 0 Å². The maximum Gasteiger partial charge on any atom is 0.417 e. The van der Waals surface area contributed by atoms with Gasteiger partial charge in [-0.3, -0.25) is 0 Å². The van der Waals surface area contributed by atoms with E-state index >= 15 is 0 Å². The van der Waals surface area contributed by atoms with Gasteiger partial charge in [0.25, 0.3) is 0 Å². The molecule has 21 heavy (non-hydrogen) atoms. The Hall–Kier alpha value is -1.92. The lowest BCUT2D eigenvalue weighted by atomic mass is 9.93. The first-order valence-corrected chi connectivity index (χ1v) is 5.04. The monoisotopic (exact) mass is 321 g/mol. The molecule has 0 atom stereocenters. The van der Waals surface area contributed by atoms with E-state index in [-0.39, 0.29) is 12.1 Å². The largest absolute Gasteiger partial charge is 0.417 e. The first-order valence-electron chi connectivity index (χ1n) is 5.04. The Kier molecular flexibility index (Phi) is 4.18. The lowest BCUT2D eigenvalue weighted by Crippen LogP contribution is -2.24. The lowest BCUT2D eigenvalue weighted by Gasteiger charge is -2.22. The van der Waals surface area contributed by atoms with E-state index in [1.54, 1.807) is 0 Å². The van der Waals surface area contributed by atoms with Gasteiger partial charge in [0.15, 0.2) is 0 Å². The molecule has 10 heteroatoms. The third kappa shape index (κ3) is 3.59. The van der Waals surface area contributed by atoms with Gasteiger partial charge in [0.1, 0.15) is 0 Å². The summed E-state index contributed by atoms with van der Waals surface area (Å²) in [6, 6.07) is 1.30. The summed E-state index contributed by atoms with van der Waals surface area (Å²) < 4.78 is 114. The Morgan fingerprint density at radius 3 is 1.57 bits per heavy atom. The van der Waals surface area contributed by atoms with Crippen molar-refractivity contribution in [3.8, 4) is 6.07 Å². The van der Waals surface area contributed by atoms with Crippen molar-refractivity contribution in [3.05, 3.63) is 34.4 Å². The number of nitrogens with zero attached hydrogens (tertiary/aromatic N) is 1. The fourth-order valence-corrected chi connectivity index (χ4v) is 1.73. The van der Waals surface area contributed by atoms with Gasteiger partial charge >= 0.3 is 18.5 Å². The number of halogens is 9. The molecule has 0 saturated carbocycles. The smallest absolute Gasteiger partial charge is 0.198 e. The quantitative estimate of drug-likeness (QED) is 0.681. The van der Waals surface area contributed by atoms with Crippen molar-refractivity contribution in [2.24, 2.45) is 0 Å². The van der Waals surface area contributed by atoms with E-state index in [1.807, 2.05) is 0 Å². The Balaban J connectivity index is 3.89. The molecule has 0 aliphatic rings. The van der Waals surface area contributed by atoms with Crippen molar-refractivity contribution in [2.45, 2.75) is 24.9 Å². The predicted molar refractivity (Wildman–Crippen MR) is 50.8 cm³/mol. The highest BCUT2D eigenvalue weighted by atomic mass is 19.4. The number of benzene rings is 1. The van der Waals surface area contributed by atoms with Crippen LogP contribution in [0.4, 0.5) is 39.5 Å². The molecule has 0 spiro atoms. The highest BCUT2D eigenvalue weighted by Crippen LogP contribution is 2.47. The molecule has 0 bridgehead atoms. The molecule has 0 saturated heterocycles. The van der Waals surface area contributed by atoms with Gasteiger partial charge in [-0.1, -0.05) is 6.07 Å². The van der Waals surface area contributed by atoms with Gasteiger partial charge < -0.3 is 0 Å².